The average Bonchev–Trinajstić information content (AvgIpc) is 3.31. The minimum absolute atomic E-state index is 0.102. The first kappa shape index (κ1) is 17.4. The van der Waals surface area contributed by atoms with Crippen molar-refractivity contribution in [1.29, 1.82) is 0 Å². The second-order valence-corrected chi connectivity index (χ2v) is 8.51. The molecule has 1 aliphatic rings. The minimum atomic E-state index is -0.102. The summed E-state index contributed by atoms with van der Waals surface area (Å²) >= 11 is 2.94. The molecule has 0 spiro atoms. The molecule has 3 heterocycles. The quantitative estimate of drug-likeness (QED) is 0.724. The number of carbonyl (C=O) groups excluding carboxylic acids is 1. The van der Waals surface area contributed by atoms with Crippen molar-refractivity contribution in [2.45, 2.75) is 35.2 Å². The standard InChI is InChI=1S/C18H18N4O2S2/c1-11-21-22-18(25-11)26-16-9-14(13-6-2-3-7-15(13)20-16)17(23)19-10-12-5-4-8-24-12/h2-3,6-7,9,12H,4-5,8,10H2,1H3,(H,19,23)/t12-/m0/s1. The molecule has 6 nitrogen and oxygen atoms in total. The van der Waals surface area contributed by atoms with E-state index in [2.05, 4.69) is 20.5 Å². The highest BCUT2D eigenvalue weighted by Gasteiger charge is 2.19. The zero-order valence-electron chi connectivity index (χ0n) is 14.3. The third kappa shape index (κ3) is 3.87. The number of nitrogens with one attached hydrogen (secondary N) is 1. The van der Waals surface area contributed by atoms with E-state index in [1.165, 1.54) is 23.1 Å². The molecule has 2 aromatic heterocycles. The number of hydrogen-bond donors (Lipinski definition) is 1. The van der Waals surface area contributed by atoms with Gasteiger partial charge in [-0.15, -0.1) is 10.2 Å². The van der Waals surface area contributed by atoms with Gasteiger partial charge in [0.2, 0.25) is 0 Å². The molecule has 1 fully saturated rings. The van der Waals surface area contributed by atoms with Crippen LogP contribution in [0.1, 0.15) is 28.2 Å². The van der Waals surface area contributed by atoms with E-state index in [4.69, 9.17) is 4.74 Å². The van der Waals surface area contributed by atoms with Gasteiger partial charge in [-0.1, -0.05) is 29.5 Å². The smallest absolute Gasteiger partial charge is 0.252 e. The second kappa shape index (κ2) is 7.69. The summed E-state index contributed by atoms with van der Waals surface area (Å²) in [5.74, 6) is -0.102. The molecule has 1 aromatic carbocycles. The monoisotopic (exact) mass is 386 g/mol. The van der Waals surface area contributed by atoms with E-state index in [1.54, 1.807) is 0 Å². The summed E-state index contributed by atoms with van der Waals surface area (Å²) in [6, 6.07) is 9.51. The van der Waals surface area contributed by atoms with Crippen LogP contribution in [0, 0.1) is 6.92 Å². The first-order chi connectivity index (χ1) is 12.7. The molecule has 1 saturated heterocycles. The number of aryl methyl sites for hydroxylation is 1. The molecule has 1 amide bonds. The molecular formula is C18H18N4O2S2. The molecule has 0 bridgehead atoms. The zero-order chi connectivity index (χ0) is 17.9. The first-order valence-electron chi connectivity index (χ1n) is 8.46. The van der Waals surface area contributed by atoms with Crippen molar-refractivity contribution in [1.82, 2.24) is 20.5 Å². The van der Waals surface area contributed by atoms with Crippen LogP contribution < -0.4 is 5.32 Å². The fourth-order valence-corrected chi connectivity index (χ4v) is 4.69. The normalized spacial score (nSPS) is 16.9. The summed E-state index contributed by atoms with van der Waals surface area (Å²) in [6.07, 6.45) is 2.17. The number of nitrogens with zero attached hydrogens (tertiary/aromatic N) is 3. The Balaban J connectivity index is 1.61. The van der Waals surface area contributed by atoms with Crippen LogP contribution in [0.3, 0.4) is 0 Å². The Morgan fingerprint density at radius 2 is 2.27 bits per heavy atom. The van der Waals surface area contributed by atoms with E-state index in [1.807, 2.05) is 37.3 Å². The average molecular weight is 387 g/mol. The largest absolute Gasteiger partial charge is 0.376 e. The highest BCUT2D eigenvalue weighted by atomic mass is 32.2. The summed E-state index contributed by atoms with van der Waals surface area (Å²) in [5, 5.41) is 13.6. The number of benzene rings is 1. The second-order valence-electron chi connectivity index (χ2n) is 6.06. The number of ether oxygens (including phenoxy) is 1. The molecule has 1 aliphatic heterocycles. The Hall–Kier alpha value is -2.03. The number of hydrogen-bond acceptors (Lipinski definition) is 7. The van der Waals surface area contributed by atoms with Crippen LogP contribution in [0.2, 0.25) is 0 Å². The molecule has 4 rings (SSSR count). The Morgan fingerprint density at radius 1 is 1.38 bits per heavy atom. The minimum Gasteiger partial charge on any atom is -0.376 e. The Morgan fingerprint density at radius 3 is 3.04 bits per heavy atom. The van der Waals surface area contributed by atoms with Crippen LogP contribution in [0.4, 0.5) is 0 Å². The third-order valence-corrected chi connectivity index (χ3v) is 5.96. The molecule has 26 heavy (non-hydrogen) atoms. The third-order valence-electron chi connectivity index (χ3n) is 4.15. The highest BCUT2D eigenvalue weighted by Crippen LogP contribution is 2.31. The van der Waals surface area contributed by atoms with Gasteiger partial charge in [-0.05, 0) is 43.7 Å². The highest BCUT2D eigenvalue weighted by molar-refractivity contribution is 8.01. The first-order valence-corrected chi connectivity index (χ1v) is 10.1. The van der Waals surface area contributed by atoms with Gasteiger partial charge in [0.1, 0.15) is 10.0 Å². The molecule has 1 N–H and O–H groups in total. The van der Waals surface area contributed by atoms with Crippen molar-refractivity contribution < 1.29 is 9.53 Å². The van der Waals surface area contributed by atoms with E-state index in [-0.39, 0.29) is 12.0 Å². The van der Waals surface area contributed by atoms with Gasteiger partial charge in [0, 0.05) is 18.5 Å². The van der Waals surface area contributed by atoms with Crippen molar-refractivity contribution in [3.05, 3.63) is 40.9 Å². The lowest BCUT2D eigenvalue weighted by molar-refractivity contribution is 0.0859. The van der Waals surface area contributed by atoms with Gasteiger partial charge in [0.25, 0.3) is 5.91 Å². The molecule has 8 heteroatoms. The van der Waals surface area contributed by atoms with Crippen molar-refractivity contribution in [2.24, 2.45) is 0 Å². The number of aromatic nitrogens is 3. The van der Waals surface area contributed by atoms with Gasteiger partial charge in [0.15, 0.2) is 4.34 Å². The molecule has 0 saturated carbocycles. The molecular weight excluding hydrogens is 368 g/mol. The van der Waals surface area contributed by atoms with Crippen LogP contribution in [-0.2, 0) is 4.74 Å². The fourth-order valence-electron chi connectivity index (χ4n) is 2.91. The predicted octanol–water partition coefficient (Wildman–Crippen LogP) is 3.45. The Labute approximate surface area is 159 Å². The van der Waals surface area contributed by atoms with Crippen LogP contribution in [-0.4, -0.2) is 40.3 Å². The summed E-state index contributed by atoms with van der Waals surface area (Å²) in [6.45, 7) is 3.23. The molecule has 0 radical (unpaired) electrons. The van der Waals surface area contributed by atoms with E-state index >= 15 is 0 Å². The predicted molar refractivity (Wildman–Crippen MR) is 102 cm³/mol. The topological polar surface area (TPSA) is 77.0 Å². The lowest BCUT2D eigenvalue weighted by Crippen LogP contribution is -2.31. The summed E-state index contributed by atoms with van der Waals surface area (Å²) in [4.78, 5) is 17.5. The maximum Gasteiger partial charge on any atom is 0.252 e. The van der Waals surface area contributed by atoms with Crippen molar-refractivity contribution in [3.63, 3.8) is 0 Å². The van der Waals surface area contributed by atoms with Crippen molar-refractivity contribution in [3.8, 4) is 0 Å². The van der Waals surface area contributed by atoms with Gasteiger partial charge < -0.3 is 10.1 Å². The van der Waals surface area contributed by atoms with Crippen LogP contribution in [0.15, 0.2) is 39.7 Å². The maximum absolute atomic E-state index is 12.8. The van der Waals surface area contributed by atoms with Gasteiger partial charge in [-0.2, -0.15) is 0 Å². The van der Waals surface area contributed by atoms with Gasteiger partial charge in [-0.3, -0.25) is 4.79 Å². The molecule has 1 atom stereocenters. The zero-order valence-corrected chi connectivity index (χ0v) is 15.9. The SMILES string of the molecule is Cc1nnc(Sc2cc(C(=O)NC[C@@H]3CCCO3)c3ccccc3n2)s1. The van der Waals surface area contributed by atoms with Gasteiger partial charge in [-0.25, -0.2) is 4.98 Å². The Bertz CT molecular complexity index is 938. The van der Waals surface area contributed by atoms with E-state index in [0.29, 0.717) is 12.1 Å². The van der Waals surface area contributed by atoms with Crippen molar-refractivity contribution >= 4 is 39.9 Å². The summed E-state index contributed by atoms with van der Waals surface area (Å²) in [7, 11) is 0. The lowest BCUT2D eigenvalue weighted by atomic mass is 10.1. The van der Waals surface area contributed by atoms with Crippen LogP contribution in [0.25, 0.3) is 10.9 Å². The number of fused-ring (bicyclic) bond motifs is 1. The number of carbonyl (C=O) groups is 1. The van der Waals surface area contributed by atoms with E-state index in [9.17, 15) is 4.79 Å². The summed E-state index contributed by atoms with van der Waals surface area (Å²) in [5.41, 5.74) is 1.42. The Kier molecular flexibility index (Phi) is 5.14. The maximum atomic E-state index is 12.8. The molecule has 0 unspecified atom stereocenters. The fraction of sp³-hybridized carbons (Fsp3) is 0.333. The number of rotatable bonds is 5. The number of amides is 1. The molecule has 134 valence electrons. The number of pyridine rings is 1. The van der Waals surface area contributed by atoms with Gasteiger partial charge in [0.05, 0.1) is 17.2 Å². The summed E-state index contributed by atoms with van der Waals surface area (Å²) < 4.78 is 6.40. The van der Waals surface area contributed by atoms with Crippen molar-refractivity contribution in [2.75, 3.05) is 13.2 Å². The number of para-hydroxylation sites is 1. The van der Waals surface area contributed by atoms with Crippen LogP contribution >= 0.6 is 23.1 Å². The van der Waals surface area contributed by atoms with E-state index < -0.39 is 0 Å². The van der Waals surface area contributed by atoms with Crippen LogP contribution in [0.5, 0.6) is 0 Å². The lowest BCUT2D eigenvalue weighted by Gasteiger charge is -2.12. The molecule has 3 aromatic rings. The van der Waals surface area contributed by atoms with Gasteiger partial charge >= 0.3 is 0 Å². The van der Waals surface area contributed by atoms with E-state index in [0.717, 1.165) is 44.7 Å². The molecule has 0 aliphatic carbocycles.